The van der Waals surface area contributed by atoms with Crippen molar-refractivity contribution >= 4 is 45.9 Å². The Morgan fingerprint density at radius 1 is 1.18 bits per heavy atom. The van der Waals surface area contributed by atoms with Crippen LogP contribution in [0.15, 0.2) is 36.9 Å². The predicted molar refractivity (Wildman–Crippen MR) is 109 cm³/mol. The van der Waals surface area contributed by atoms with Gasteiger partial charge < -0.3 is 14.6 Å². The number of carboxylic acids is 1. The van der Waals surface area contributed by atoms with E-state index in [9.17, 15) is 9.90 Å². The SMILES string of the molecule is O=C(O)C1CC2CCC(C1)N2c1cc(-n2ccnc2)c2ccc(Cl)c(Cl)c2n1. The maximum atomic E-state index is 11.5. The second kappa shape index (κ2) is 6.64. The van der Waals surface area contributed by atoms with Crippen LogP contribution in [-0.2, 0) is 4.79 Å². The lowest BCUT2D eigenvalue weighted by molar-refractivity contribution is -0.142. The van der Waals surface area contributed by atoms with E-state index >= 15 is 0 Å². The lowest BCUT2D eigenvalue weighted by atomic mass is 9.91. The average Bonchev–Trinajstić information content (AvgIpc) is 3.30. The smallest absolute Gasteiger partial charge is 0.306 e. The molecule has 0 amide bonds. The first-order valence-electron chi connectivity index (χ1n) is 9.31. The molecule has 28 heavy (non-hydrogen) atoms. The lowest BCUT2D eigenvalue weighted by Gasteiger charge is -2.38. The highest BCUT2D eigenvalue weighted by Crippen LogP contribution is 2.43. The quantitative estimate of drug-likeness (QED) is 0.677. The van der Waals surface area contributed by atoms with Gasteiger partial charge in [-0.15, -0.1) is 0 Å². The first-order chi connectivity index (χ1) is 13.5. The van der Waals surface area contributed by atoms with Crippen molar-refractivity contribution in [3.63, 3.8) is 0 Å². The summed E-state index contributed by atoms with van der Waals surface area (Å²) in [5, 5.41) is 11.2. The Kier molecular flexibility index (Phi) is 4.21. The number of carbonyl (C=O) groups is 1. The normalized spacial score (nSPS) is 24.1. The number of hydrogen-bond acceptors (Lipinski definition) is 4. The van der Waals surface area contributed by atoms with Gasteiger partial charge in [-0.1, -0.05) is 23.2 Å². The number of aliphatic carboxylic acids is 1. The fraction of sp³-hybridized carbons (Fsp3) is 0.350. The van der Waals surface area contributed by atoms with Gasteiger partial charge in [-0.25, -0.2) is 9.97 Å². The molecule has 6 nitrogen and oxygen atoms in total. The number of aromatic nitrogens is 3. The fourth-order valence-corrected chi connectivity index (χ4v) is 5.06. The third-order valence-electron chi connectivity index (χ3n) is 5.97. The van der Waals surface area contributed by atoms with E-state index in [4.69, 9.17) is 28.2 Å². The van der Waals surface area contributed by atoms with Gasteiger partial charge in [-0.05, 0) is 37.8 Å². The summed E-state index contributed by atoms with van der Waals surface area (Å²) < 4.78 is 1.93. The van der Waals surface area contributed by atoms with Gasteiger partial charge in [0.1, 0.15) is 5.82 Å². The molecule has 3 aromatic rings. The van der Waals surface area contributed by atoms with E-state index in [0.717, 1.165) is 29.7 Å². The molecule has 4 heterocycles. The van der Waals surface area contributed by atoms with E-state index < -0.39 is 5.97 Å². The molecule has 2 aliphatic heterocycles. The summed E-state index contributed by atoms with van der Waals surface area (Å²) in [6.45, 7) is 0. The van der Waals surface area contributed by atoms with Crippen LogP contribution in [0.4, 0.5) is 5.82 Å². The third kappa shape index (κ3) is 2.74. The van der Waals surface area contributed by atoms with Gasteiger partial charge >= 0.3 is 5.97 Å². The highest BCUT2D eigenvalue weighted by Gasteiger charge is 2.43. The number of halogens is 2. The zero-order chi connectivity index (χ0) is 19.4. The van der Waals surface area contributed by atoms with Gasteiger partial charge in [-0.3, -0.25) is 4.79 Å². The molecule has 0 aliphatic carbocycles. The molecule has 144 valence electrons. The molecule has 8 heteroatoms. The van der Waals surface area contributed by atoms with Gasteiger partial charge in [0.05, 0.1) is 33.5 Å². The van der Waals surface area contributed by atoms with Crippen molar-refractivity contribution in [2.75, 3.05) is 4.90 Å². The lowest BCUT2D eigenvalue weighted by Crippen LogP contribution is -2.45. The predicted octanol–water partition coefficient (Wildman–Crippen LogP) is 4.56. The molecule has 5 rings (SSSR count). The molecule has 2 saturated heterocycles. The minimum absolute atomic E-state index is 0.179. The second-order valence-electron chi connectivity index (χ2n) is 7.53. The Bertz CT molecular complexity index is 1060. The van der Waals surface area contributed by atoms with Crippen molar-refractivity contribution in [3.05, 3.63) is 47.0 Å². The van der Waals surface area contributed by atoms with Crippen molar-refractivity contribution in [2.24, 2.45) is 5.92 Å². The minimum Gasteiger partial charge on any atom is -0.481 e. The standard InChI is InChI=1S/C20H18Cl2N4O2/c21-15-4-3-14-16(25-6-5-23-10-25)9-17(24-19(14)18(15)22)26-12-1-2-13(26)8-11(7-12)20(27)28/h3-6,9-13H,1-2,7-8H2,(H,27,28). The maximum Gasteiger partial charge on any atom is 0.306 e. The number of rotatable bonds is 3. The fourth-order valence-electron chi connectivity index (χ4n) is 4.70. The number of imidazole rings is 1. The maximum absolute atomic E-state index is 11.5. The van der Waals surface area contributed by atoms with Crippen LogP contribution in [0, 0.1) is 5.92 Å². The monoisotopic (exact) mass is 416 g/mol. The van der Waals surface area contributed by atoms with E-state index in [1.54, 1.807) is 18.6 Å². The Hall–Kier alpha value is -2.31. The third-order valence-corrected chi connectivity index (χ3v) is 6.76. The van der Waals surface area contributed by atoms with Crippen LogP contribution in [0.3, 0.4) is 0 Å². The van der Waals surface area contributed by atoms with Crippen LogP contribution in [0.2, 0.25) is 10.0 Å². The first-order valence-corrected chi connectivity index (χ1v) is 10.1. The van der Waals surface area contributed by atoms with Crippen molar-refractivity contribution in [3.8, 4) is 5.69 Å². The minimum atomic E-state index is -0.697. The van der Waals surface area contributed by atoms with E-state index in [1.165, 1.54) is 0 Å². The summed E-state index contributed by atoms with van der Waals surface area (Å²) in [5.41, 5.74) is 1.57. The zero-order valence-corrected chi connectivity index (χ0v) is 16.4. The van der Waals surface area contributed by atoms with Crippen molar-refractivity contribution in [1.82, 2.24) is 14.5 Å². The number of anilines is 1. The Morgan fingerprint density at radius 3 is 2.57 bits per heavy atom. The van der Waals surface area contributed by atoms with E-state index in [1.807, 2.05) is 22.9 Å². The molecule has 2 fully saturated rings. The van der Waals surface area contributed by atoms with Crippen LogP contribution in [0.25, 0.3) is 16.6 Å². The topological polar surface area (TPSA) is 71.2 Å². The Balaban J connectivity index is 1.67. The molecule has 2 unspecified atom stereocenters. The van der Waals surface area contributed by atoms with Crippen LogP contribution >= 0.6 is 23.2 Å². The highest BCUT2D eigenvalue weighted by molar-refractivity contribution is 6.45. The van der Waals surface area contributed by atoms with Gasteiger partial charge in [0.2, 0.25) is 0 Å². The van der Waals surface area contributed by atoms with E-state index in [2.05, 4.69) is 9.88 Å². The van der Waals surface area contributed by atoms with Crippen molar-refractivity contribution in [2.45, 2.75) is 37.8 Å². The summed E-state index contributed by atoms with van der Waals surface area (Å²) in [5.74, 6) is -0.158. The van der Waals surface area contributed by atoms with Crippen LogP contribution in [0.1, 0.15) is 25.7 Å². The average molecular weight is 417 g/mol. The van der Waals surface area contributed by atoms with Crippen molar-refractivity contribution < 1.29 is 9.90 Å². The summed E-state index contributed by atoms with van der Waals surface area (Å²) in [6.07, 6.45) is 8.62. The van der Waals surface area contributed by atoms with Gasteiger partial charge in [0, 0.05) is 35.9 Å². The Morgan fingerprint density at radius 2 is 1.93 bits per heavy atom. The molecule has 0 radical (unpaired) electrons. The molecule has 0 saturated carbocycles. The molecule has 1 aromatic carbocycles. The number of fused-ring (bicyclic) bond motifs is 3. The van der Waals surface area contributed by atoms with Gasteiger partial charge in [0.25, 0.3) is 0 Å². The summed E-state index contributed by atoms with van der Waals surface area (Å²) in [7, 11) is 0. The molecule has 0 spiro atoms. The number of hydrogen-bond donors (Lipinski definition) is 1. The molecular weight excluding hydrogens is 399 g/mol. The summed E-state index contributed by atoms with van der Waals surface area (Å²) >= 11 is 12.8. The van der Waals surface area contributed by atoms with Crippen LogP contribution < -0.4 is 4.90 Å². The first kappa shape index (κ1) is 17.8. The Labute approximate surface area is 171 Å². The molecule has 2 atom stereocenters. The number of piperidine rings is 1. The van der Waals surface area contributed by atoms with Gasteiger partial charge in [0.15, 0.2) is 0 Å². The van der Waals surface area contributed by atoms with Crippen LogP contribution in [-0.4, -0.2) is 37.7 Å². The van der Waals surface area contributed by atoms with Crippen molar-refractivity contribution in [1.29, 1.82) is 0 Å². The number of carboxylic acid groups (broad SMARTS) is 1. The zero-order valence-electron chi connectivity index (χ0n) is 14.9. The van der Waals surface area contributed by atoms with E-state index in [-0.39, 0.29) is 18.0 Å². The highest BCUT2D eigenvalue weighted by atomic mass is 35.5. The van der Waals surface area contributed by atoms with Gasteiger partial charge in [-0.2, -0.15) is 0 Å². The number of nitrogens with zero attached hydrogens (tertiary/aromatic N) is 4. The number of pyridine rings is 1. The van der Waals surface area contributed by atoms with E-state index in [0.29, 0.717) is 28.4 Å². The molecule has 2 aliphatic rings. The molecule has 1 N–H and O–H groups in total. The largest absolute Gasteiger partial charge is 0.481 e. The van der Waals surface area contributed by atoms with Crippen LogP contribution in [0.5, 0.6) is 0 Å². The molecular formula is C20H18Cl2N4O2. The summed E-state index contributed by atoms with van der Waals surface area (Å²) in [4.78, 5) is 22.8. The second-order valence-corrected chi connectivity index (χ2v) is 8.31. The molecule has 2 bridgehead atoms. The number of benzene rings is 1. The molecule has 2 aromatic heterocycles. The summed E-state index contributed by atoms with van der Waals surface area (Å²) in [6, 6.07) is 6.09.